The molecule has 2 amide bonds. The van der Waals surface area contributed by atoms with Crippen LogP contribution in [-0.4, -0.2) is 49.4 Å². The number of primary amides is 1. The van der Waals surface area contributed by atoms with Gasteiger partial charge in [0, 0.05) is 37.1 Å². The Morgan fingerprint density at radius 1 is 1.16 bits per heavy atom. The second-order valence-electron chi connectivity index (χ2n) is 7.38. The number of hydrogen-bond acceptors (Lipinski definition) is 6. The van der Waals surface area contributed by atoms with Crippen LogP contribution in [0.2, 0.25) is 0 Å². The van der Waals surface area contributed by atoms with Gasteiger partial charge in [-0.25, -0.2) is 19.2 Å². The number of oxazole rings is 1. The molecule has 0 radical (unpaired) electrons. The van der Waals surface area contributed by atoms with E-state index >= 15 is 0 Å². The number of amides is 2. The van der Waals surface area contributed by atoms with E-state index in [1.807, 2.05) is 0 Å². The highest BCUT2D eigenvalue weighted by Gasteiger charge is 2.23. The minimum absolute atomic E-state index is 0.141. The number of piperidine rings is 1. The fourth-order valence-corrected chi connectivity index (χ4v) is 3.83. The van der Waals surface area contributed by atoms with Gasteiger partial charge in [0.05, 0.1) is 5.69 Å². The number of likely N-dealkylation sites (tertiary alicyclic amines) is 1. The number of nitrogens with zero attached hydrogens (tertiary/aromatic N) is 5. The third kappa shape index (κ3) is 3.67. The van der Waals surface area contributed by atoms with Crippen molar-refractivity contribution in [2.75, 3.05) is 18.4 Å². The molecule has 1 saturated heterocycles. The first-order valence-corrected chi connectivity index (χ1v) is 9.94. The van der Waals surface area contributed by atoms with Crippen molar-refractivity contribution in [3.8, 4) is 22.6 Å². The Kier molecular flexibility index (Phi) is 4.73. The van der Waals surface area contributed by atoms with E-state index in [4.69, 9.17) is 15.1 Å². The van der Waals surface area contributed by atoms with Crippen molar-refractivity contribution in [3.05, 3.63) is 54.8 Å². The zero-order valence-electron chi connectivity index (χ0n) is 16.5. The molecule has 4 aromatic rings. The van der Waals surface area contributed by atoms with Crippen molar-refractivity contribution in [1.82, 2.24) is 24.3 Å². The Labute approximate surface area is 176 Å². The molecule has 1 aromatic carbocycles. The monoisotopic (exact) mass is 421 g/mol. The first kappa shape index (κ1) is 19.0. The van der Waals surface area contributed by atoms with Crippen molar-refractivity contribution >= 4 is 17.8 Å². The second kappa shape index (κ2) is 7.71. The number of nitrogens with one attached hydrogen (secondary N) is 1. The fourth-order valence-electron chi connectivity index (χ4n) is 3.83. The maximum absolute atomic E-state index is 13.4. The summed E-state index contributed by atoms with van der Waals surface area (Å²) in [6, 6.07) is 7.68. The van der Waals surface area contributed by atoms with Crippen LogP contribution in [0, 0.1) is 5.82 Å². The first-order chi connectivity index (χ1) is 15.1. The maximum Gasteiger partial charge on any atom is 0.314 e. The van der Waals surface area contributed by atoms with Gasteiger partial charge in [-0.2, -0.15) is 4.98 Å². The number of halogens is 1. The highest BCUT2D eigenvalue weighted by atomic mass is 19.1. The number of imidazole rings is 1. The van der Waals surface area contributed by atoms with Gasteiger partial charge in [0.2, 0.25) is 5.95 Å². The van der Waals surface area contributed by atoms with Gasteiger partial charge in [-0.3, -0.25) is 4.40 Å². The van der Waals surface area contributed by atoms with Crippen LogP contribution in [-0.2, 0) is 0 Å². The summed E-state index contributed by atoms with van der Waals surface area (Å²) in [6.45, 7) is 1.19. The number of rotatable bonds is 4. The molecule has 4 heterocycles. The summed E-state index contributed by atoms with van der Waals surface area (Å²) >= 11 is 0. The number of aromatic nitrogens is 4. The largest absolute Gasteiger partial charge is 0.432 e. The molecular weight excluding hydrogens is 401 g/mol. The van der Waals surface area contributed by atoms with Crippen LogP contribution >= 0.6 is 0 Å². The Morgan fingerprint density at radius 3 is 2.68 bits per heavy atom. The molecule has 5 rings (SSSR count). The molecule has 3 aromatic heterocycles. The van der Waals surface area contributed by atoms with E-state index in [0.29, 0.717) is 36.3 Å². The summed E-state index contributed by atoms with van der Waals surface area (Å²) in [4.78, 5) is 26.6. The van der Waals surface area contributed by atoms with Crippen LogP contribution in [0.4, 0.5) is 15.1 Å². The van der Waals surface area contributed by atoms with Crippen LogP contribution in [0.3, 0.4) is 0 Å². The van der Waals surface area contributed by atoms with Crippen LogP contribution in [0.5, 0.6) is 0 Å². The standard InChI is InChI=1S/C21H20FN7O2/c22-14-3-1-13(2-4-14)17-18(29-11-12-31-21(29)27-17)16-5-8-24-20(26-16)25-15-6-9-28(10-7-15)19(23)30/h1-5,8,11-12,15H,6-7,9-10H2,(H2,23,30)(H,24,25,26). The Bertz CT molecular complexity index is 1230. The molecule has 9 nitrogen and oxygen atoms in total. The predicted molar refractivity (Wildman–Crippen MR) is 112 cm³/mol. The van der Waals surface area contributed by atoms with Crippen molar-refractivity contribution in [3.63, 3.8) is 0 Å². The normalized spacial score (nSPS) is 14.8. The molecule has 0 bridgehead atoms. The van der Waals surface area contributed by atoms with Gasteiger partial charge in [-0.15, -0.1) is 0 Å². The Balaban J connectivity index is 1.46. The van der Waals surface area contributed by atoms with Crippen molar-refractivity contribution in [2.24, 2.45) is 5.73 Å². The molecular formula is C21H20FN7O2. The average Bonchev–Trinajstić information content (AvgIpc) is 3.36. The number of benzene rings is 1. The van der Waals surface area contributed by atoms with Gasteiger partial charge >= 0.3 is 11.9 Å². The SMILES string of the molecule is NC(=O)N1CCC(Nc2nccc(-c3c(-c4ccc(F)cc4)nc4occn34)n2)CC1. The first-order valence-electron chi connectivity index (χ1n) is 9.94. The second-order valence-corrected chi connectivity index (χ2v) is 7.38. The number of carbonyl (C=O) groups is 1. The smallest absolute Gasteiger partial charge is 0.314 e. The minimum Gasteiger partial charge on any atom is -0.432 e. The average molecular weight is 421 g/mol. The molecule has 1 aliphatic rings. The van der Waals surface area contributed by atoms with E-state index in [2.05, 4.69) is 15.3 Å². The fraction of sp³-hybridized carbons (Fsp3) is 0.238. The number of anilines is 1. The van der Waals surface area contributed by atoms with E-state index in [1.165, 1.54) is 12.1 Å². The van der Waals surface area contributed by atoms with E-state index in [9.17, 15) is 9.18 Å². The summed E-state index contributed by atoms with van der Waals surface area (Å²) in [6.07, 6.45) is 6.51. The van der Waals surface area contributed by atoms with Crippen LogP contribution < -0.4 is 11.1 Å². The number of fused-ring (bicyclic) bond motifs is 1. The van der Waals surface area contributed by atoms with Crippen molar-refractivity contribution in [1.29, 1.82) is 0 Å². The number of nitrogens with two attached hydrogens (primary N) is 1. The van der Waals surface area contributed by atoms with Gasteiger partial charge in [-0.1, -0.05) is 0 Å². The predicted octanol–water partition coefficient (Wildman–Crippen LogP) is 3.15. The van der Waals surface area contributed by atoms with E-state index in [0.717, 1.165) is 24.1 Å². The lowest BCUT2D eigenvalue weighted by molar-refractivity contribution is 0.193. The Hall–Kier alpha value is -3.95. The summed E-state index contributed by atoms with van der Waals surface area (Å²) in [5.74, 6) is 0.587. The topological polar surface area (TPSA) is 115 Å². The molecule has 0 spiro atoms. The van der Waals surface area contributed by atoms with Gasteiger partial charge in [-0.05, 0) is 43.2 Å². The molecule has 0 saturated carbocycles. The third-order valence-electron chi connectivity index (χ3n) is 5.42. The zero-order valence-corrected chi connectivity index (χ0v) is 16.5. The van der Waals surface area contributed by atoms with Crippen LogP contribution in [0.25, 0.3) is 28.5 Å². The summed E-state index contributed by atoms with van der Waals surface area (Å²) in [7, 11) is 0. The highest BCUT2D eigenvalue weighted by Crippen LogP contribution is 2.32. The lowest BCUT2D eigenvalue weighted by Crippen LogP contribution is -2.44. The zero-order chi connectivity index (χ0) is 21.4. The third-order valence-corrected chi connectivity index (χ3v) is 5.42. The number of urea groups is 1. The lowest BCUT2D eigenvalue weighted by Gasteiger charge is -2.31. The quantitative estimate of drug-likeness (QED) is 0.523. The van der Waals surface area contributed by atoms with Gasteiger partial charge in [0.15, 0.2) is 0 Å². The van der Waals surface area contributed by atoms with Crippen molar-refractivity contribution < 1.29 is 13.6 Å². The van der Waals surface area contributed by atoms with Gasteiger partial charge in [0.1, 0.15) is 23.5 Å². The molecule has 0 atom stereocenters. The van der Waals surface area contributed by atoms with Crippen LogP contribution in [0.1, 0.15) is 12.8 Å². The highest BCUT2D eigenvalue weighted by molar-refractivity contribution is 5.79. The van der Waals surface area contributed by atoms with E-state index < -0.39 is 6.03 Å². The maximum atomic E-state index is 13.4. The lowest BCUT2D eigenvalue weighted by atomic mass is 10.1. The Morgan fingerprint density at radius 2 is 1.94 bits per heavy atom. The molecule has 1 fully saturated rings. The van der Waals surface area contributed by atoms with Crippen molar-refractivity contribution in [2.45, 2.75) is 18.9 Å². The molecule has 3 N–H and O–H groups in total. The summed E-state index contributed by atoms with van der Waals surface area (Å²) in [5.41, 5.74) is 8.12. The molecule has 10 heteroatoms. The van der Waals surface area contributed by atoms with Gasteiger partial charge in [0.25, 0.3) is 0 Å². The van der Waals surface area contributed by atoms with E-state index in [-0.39, 0.29) is 11.9 Å². The molecule has 31 heavy (non-hydrogen) atoms. The molecule has 0 unspecified atom stereocenters. The summed E-state index contributed by atoms with van der Waals surface area (Å²) < 4.78 is 20.7. The molecule has 1 aliphatic heterocycles. The van der Waals surface area contributed by atoms with Crippen LogP contribution in [0.15, 0.2) is 53.4 Å². The molecule has 158 valence electrons. The van der Waals surface area contributed by atoms with Gasteiger partial charge < -0.3 is 20.4 Å². The number of carbonyl (C=O) groups excluding carboxylic acids is 1. The number of hydrogen-bond donors (Lipinski definition) is 2. The summed E-state index contributed by atoms with van der Waals surface area (Å²) in [5, 5.41) is 3.35. The minimum atomic E-state index is -0.394. The van der Waals surface area contributed by atoms with E-state index in [1.54, 1.807) is 46.2 Å². The molecule has 0 aliphatic carbocycles.